The zero-order chi connectivity index (χ0) is 19.6. The fourth-order valence-corrected chi connectivity index (χ4v) is 4.26. The number of benzene rings is 2. The molecule has 0 atom stereocenters. The Hall–Kier alpha value is -2.18. The van der Waals surface area contributed by atoms with Crippen LogP contribution in [0.25, 0.3) is 0 Å². The lowest BCUT2D eigenvalue weighted by Crippen LogP contribution is -2.34. The molecule has 2 aromatic rings. The van der Waals surface area contributed by atoms with Gasteiger partial charge >= 0.3 is 6.03 Å². The Kier molecular flexibility index (Phi) is 8.06. The summed E-state index contributed by atoms with van der Waals surface area (Å²) in [6.07, 6.45) is 0.895. The van der Waals surface area contributed by atoms with E-state index < -0.39 is 0 Å². The summed E-state index contributed by atoms with van der Waals surface area (Å²) in [5.74, 6) is 2.38. The van der Waals surface area contributed by atoms with Gasteiger partial charge in [-0.25, -0.2) is 4.79 Å². The summed E-state index contributed by atoms with van der Waals surface area (Å²) in [6.45, 7) is 4.65. The number of rotatable bonds is 8. The van der Waals surface area contributed by atoms with Crippen LogP contribution in [-0.4, -0.2) is 55.7 Å². The minimum absolute atomic E-state index is 0.135. The third kappa shape index (κ3) is 6.46. The van der Waals surface area contributed by atoms with Crippen LogP contribution in [0.4, 0.5) is 16.2 Å². The fourth-order valence-electron chi connectivity index (χ4n) is 3.28. The topological polar surface area (TPSA) is 47.6 Å². The molecule has 0 saturated carbocycles. The summed E-state index contributed by atoms with van der Waals surface area (Å²) in [7, 11) is 2.07. The molecular formula is C22H30N4OS. The van der Waals surface area contributed by atoms with E-state index in [-0.39, 0.29) is 6.03 Å². The molecule has 2 N–H and O–H groups in total. The van der Waals surface area contributed by atoms with Crippen LogP contribution >= 0.6 is 11.8 Å². The predicted octanol–water partition coefficient (Wildman–Crippen LogP) is 3.88. The molecule has 0 aromatic heterocycles. The molecule has 0 aliphatic carbocycles. The molecule has 0 bridgehead atoms. The Labute approximate surface area is 172 Å². The number of thioether (sulfide) groups is 1. The van der Waals surface area contributed by atoms with Crippen LogP contribution in [-0.2, 0) is 6.54 Å². The lowest BCUT2D eigenvalue weighted by atomic mass is 10.1. The van der Waals surface area contributed by atoms with Crippen molar-refractivity contribution >= 4 is 29.2 Å². The van der Waals surface area contributed by atoms with Crippen LogP contribution in [0.3, 0.4) is 0 Å². The van der Waals surface area contributed by atoms with Gasteiger partial charge in [0.05, 0.1) is 0 Å². The molecule has 5 nitrogen and oxygen atoms in total. The van der Waals surface area contributed by atoms with Crippen molar-refractivity contribution in [1.29, 1.82) is 0 Å². The highest BCUT2D eigenvalue weighted by Gasteiger charge is 2.13. The zero-order valence-corrected chi connectivity index (χ0v) is 17.4. The second-order valence-corrected chi connectivity index (χ2v) is 8.26. The van der Waals surface area contributed by atoms with Gasteiger partial charge in [-0.15, -0.1) is 0 Å². The van der Waals surface area contributed by atoms with Gasteiger partial charge in [0.2, 0.25) is 0 Å². The Balaban J connectivity index is 1.42. The molecular weight excluding hydrogens is 368 g/mol. The van der Waals surface area contributed by atoms with Gasteiger partial charge in [0.1, 0.15) is 0 Å². The lowest BCUT2D eigenvalue weighted by molar-refractivity contribution is 0.252. The smallest absolute Gasteiger partial charge is 0.319 e. The van der Waals surface area contributed by atoms with Gasteiger partial charge in [0.25, 0.3) is 0 Å². The van der Waals surface area contributed by atoms with Gasteiger partial charge in [-0.1, -0.05) is 36.4 Å². The standard InChI is InChI=1S/C22H30N4OS/c1-25(20-9-3-2-4-10-20)13-7-12-23-22(27)24-21-11-6-5-8-19(21)18-26-14-16-28-17-15-26/h2-6,8-11H,7,12-18H2,1H3,(H2,23,24,27). The summed E-state index contributed by atoms with van der Waals surface area (Å²) in [4.78, 5) is 17.0. The monoisotopic (exact) mass is 398 g/mol. The molecule has 1 saturated heterocycles. The maximum Gasteiger partial charge on any atom is 0.319 e. The van der Waals surface area contributed by atoms with Crippen molar-refractivity contribution in [3.05, 3.63) is 60.2 Å². The Bertz CT molecular complexity index is 734. The number of amides is 2. The Morgan fingerprint density at radius 2 is 1.79 bits per heavy atom. The first-order chi connectivity index (χ1) is 13.7. The zero-order valence-electron chi connectivity index (χ0n) is 16.6. The third-order valence-electron chi connectivity index (χ3n) is 4.92. The third-order valence-corrected chi connectivity index (χ3v) is 5.86. The van der Waals surface area contributed by atoms with E-state index in [1.54, 1.807) is 0 Å². The number of carbonyl (C=O) groups is 1. The number of nitrogens with one attached hydrogen (secondary N) is 2. The minimum Gasteiger partial charge on any atom is -0.375 e. The molecule has 6 heteroatoms. The number of carbonyl (C=O) groups excluding carboxylic acids is 1. The SMILES string of the molecule is CN(CCCNC(=O)Nc1ccccc1CN1CCSCC1)c1ccccc1. The summed E-state index contributed by atoms with van der Waals surface area (Å²) in [5, 5.41) is 6.00. The van der Waals surface area contributed by atoms with Crippen LogP contribution in [0.15, 0.2) is 54.6 Å². The summed E-state index contributed by atoms with van der Waals surface area (Å²) < 4.78 is 0. The quantitative estimate of drug-likeness (QED) is 0.663. The minimum atomic E-state index is -0.135. The van der Waals surface area contributed by atoms with Crippen molar-refractivity contribution in [2.75, 3.05) is 54.9 Å². The van der Waals surface area contributed by atoms with Gasteiger partial charge in [-0.2, -0.15) is 11.8 Å². The van der Waals surface area contributed by atoms with Crippen LogP contribution in [0, 0.1) is 0 Å². The largest absolute Gasteiger partial charge is 0.375 e. The Morgan fingerprint density at radius 1 is 1.07 bits per heavy atom. The number of anilines is 2. The number of nitrogens with zero attached hydrogens (tertiary/aromatic N) is 2. The van der Waals surface area contributed by atoms with E-state index in [2.05, 4.69) is 45.7 Å². The van der Waals surface area contributed by atoms with E-state index in [1.807, 2.05) is 48.2 Å². The Morgan fingerprint density at radius 3 is 2.57 bits per heavy atom. The van der Waals surface area contributed by atoms with Gasteiger partial charge in [0.15, 0.2) is 0 Å². The maximum absolute atomic E-state index is 12.3. The second kappa shape index (κ2) is 11.0. The van der Waals surface area contributed by atoms with Crippen molar-refractivity contribution in [3.8, 4) is 0 Å². The molecule has 1 fully saturated rings. The van der Waals surface area contributed by atoms with Crippen LogP contribution < -0.4 is 15.5 Å². The number of para-hydroxylation sites is 2. The molecule has 2 amide bonds. The molecule has 1 aliphatic heterocycles. The van der Waals surface area contributed by atoms with Crippen LogP contribution in [0.2, 0.25) is 0 Å². The molecule has 2 aromatic carbocycles. The molecule has 1 aliphatic rings. The first-order valence-electron chi connectivity index (χ1n) is 9.91. The van der Waals surface area contributed by atoms with Gasteiger partial charge in [-0.05, 0) is 30.2 Å². The van der Waals surface area contributed by atoms with Crippen LogP contribution in [0.5, 0.6) is 0 Å². The van der Waals surface area contributed by atoms with Crippen molar-refractivity contribution in [2.24, 2.45) is 0 Å². The van der Waals surface area contributed by atoms with E-state index in [1.165, 1.54) is 22.8 Å². The van der Waals surface area contributed by atoms with Gasteiger partial charge in [-0.3, -0.25) is 4.90 Å². The van der Waals surface area contributed by atoms with Crippen molar-refractivity contribution in [2.45, 2.75) is 13.0 Å². The molecule has 28 heavy (non-hydrogen) atoms. The van der Waals surface area contributed by atoms with Gasteiger partial charge in [0, 0.05) is 62.7 Å². The van der Waals surface area contributed by atoms with E-state index in [0.717, 1.165) is 38.3 Å². The summed E-state index contributed by atoms with van der Waals surface area (Å²) in [5.41, 5.74) is 3.27. The average molecular weight is 399 g/mol. The first kappa shape index (κ1) is 20.6. The molecule has 150 valence electrons. The number of urea groups is 1. The fraction of sp³-hybridized carbons (Fsp3) is 0.409. The van der Waals surface area contributed by atoms with Gasteiger partial charge < -0.3 is 15.5 Å². The molecule has 1 heterocycles. The summed E-state index contributed by atoms with van der Waals surface area (Å²) in [6, 6.07) is 18.3. The van der Waals surface area contributed by atoms with Crippen molar-refractivity contribution in [1.82, 2.24) is 10.2 Å². The van der Waals surface area contributed by atoms with E-state index >= 15 is 0 Å². The molecule has 0 radical (unpaired) electrons. The summed E-state index contributed by atoms with van der Waals surface area (Å²) >= 11 is 2.01. The molecule has 0 unspecified atom stereocenters. The highest BCUT2D eigenvalue weighted by atomic mass is 32.2. The van der Waals surface area contributed by atoms with Crippen molar-refractivity contribution in [3.63, 3.8) is 0 Å². The van der Waals surface area contributed by atoms with Crippen LogP contribution in [0.1, 0.15) is 12.0 Å². The maximum atomic E-state index is 12.3. The van der Waals surface area contributed by atoms with Crippen molar-refractivity contribution < 1.29 is 4.79 Å². The lowest BCUT2D eigenvalue weighted by Gasteiger charge is -2.27. The molecule has 3 rings (SSSR count). The van der Waals surface area contributed by atoms with E-state index in [9.17, 15) is 4.79 Å². The molecule has 0 spiro atoms. The average Bonchev–Trinajstić information content (AvgIpc) is 2.74. The highest BCUT2D eigenvalue weighted by molar-refractivity contribution is 7.99. The highest BCUT2D eigenvalue weighted by Crippen LogP contribution is 2.19. The predicted molar refractivity (Wildman–Crippen MR) is 120 cm³/mol. The first-order valence-corrected chi connectivity index (χ1v) is 11.1. The van der Waals surface area contributed by atoms with E-state index in [0.29, 0.717) is 6.54 Å². The van der Waals surface area contributed by atoms with E-state index in [4.69, 9.17) is 0 Å². The second-order valence-electron chi connectivity index (χ2n) is 7.04. The number of hydrogen-bond acceptors (Lipinski definition) is 4. The number of hydrogen-bond donors (Lipinski definition) is 2. The normalized spacial score (nSPS) is 14.5.